The number of aliphatic hydroxyl groups excluding tert-OH is 2. The molecule has 68 valence electrons. The molecule has 0 radical (unpaired) electrons. The van der Waals surface area contributed by atoms with Gasteiger partial charge in [-0.15, -0.1) is 0 Å². The Hall–Kier alpha value is -1.72. The fraction of sp³-hybridized carbons (Fsp3) is 0.333. The van der Waals surface area contributed by atoms with Crippen molar-refractivity contribution in [2.75, 3.05) is 14.2 Å². The Bertz CT molecular complexity index is 228. The Morgan fingerprint density at radius 1 is 1.08 bits per heavy atom. The number of hydrogen-bond acceptors (Lipinski definition) is 6. The van der Waals surface area contributed by atoms with Gasteiger partial charge in [0.2, 0.25) is 0 Å². The van der Waals surface area contributed by atoms with Crippen molar-refractivity contribution >= 4 is 11.8 Å². The third-order valence-electron chi connectivity index (χ3n) is 0.982. The highest BCUT2D eigenvalue weighted by Gasteiger charge is 2.23. The lowest BCUT2D eigenvalue weighted by atomic mass is 10.3. The van der Waals surface area contributed by atoms with Gasteiger partial charge < -0.3 is 19.7 Å². The summed E-state index contributed by atoms with van der Waals surface area (Å²) in [4.78, 5) is 21.1. The molecule has 0 spiro atoms. The van der Waals surface area contributed by atoms with Crippen LogP contribution in [0.5, 0.6) is 0 Å². The normalized spacial score (nSPS) is 11.5. The second-order valence-electron chi connectivity index (χ2n) is 1.68. The number of Topliss-reactive ketones (excluding diaryl/α,β-unsaturated/α-hetero) is 1. The lowest BCUT2D eigenvalue weighted by molar-refractivity contribution is -0.151. The molecular formula is C6H8O6. The van der Waals surface area contributed by atoms with Crippen molar-refractivity contribution in [1.82, 2.24) is 0 Å². The average Bonchev–Trinajstić information content (AvgIpc) is 2.12. The first kappa shape index (κ1) is 10.3. The van der Waals surface area contributed by atoms with Gasteiger partial charge in [-0.2, -0.15) is 0 Å². The third-order valence-corrected chi connectivity index (χ3v) is 0.982. The van der Waals surface area contributed by atoms with Crippen LogP contribution in [0.25, 0.3) is 0 Å². The number of carbonyl (C=O) groups is 2. The Balaban J connectivity index is 4.60. The summed E-state index contributed by atoms with van der Waals surface area (Å²) >= 11 is 0. The Morgan fingerprint density at radius 2 is 1.58 bits per heavy atom. The van der Waals surface area contributed by atoms with E-state index < -0.39 is 23.5 Å². The van der Waals surface area contributed by atoms with Crippen LogP contribution in [0.1, 0.15) is 0 Å². The van der Waals surface area contributed by atoms with Gasteiger partial charge in [-0.1, -0.05) is 0 Å². The zero-order valence-electron chi connectivity index (χ0n) is 6.53. The van der Waals surface area contributed by atoms with Crippen LogP contribution < -0.4 is 0 Å². The zero-order chi connectivity index (χ0) is 9.72. The molecule has 0 fully saturated rings. The minimum absolute atomic E-state index is 0.970. The van der Waals surface area contributed by atoms with Gasteiger partial charge in [0.25, 0.3) is 5.76 Å². The molecule has 0 saturated heterocycles. The Morgan fingerprint density at radius 3 is 1.92 bits per heavy atom. The predicted molar refractivity (Wildman–Crippen MR) is 36.3 cm³/mol. The molecule has 0 aliphatic carbocycles. The quantitative estimate of drug-likeness (QED) is 0.264. The van der Waals surface area contributed by atoms with E-state index in [0.29, 0.717) is 0 Å². The van der Waals surface area contributed by atoms with Crippen LogP contribution in [0.4, 0.5) is 0 Å². The van der Waals surface area contributed by atoms with Gasteiger partial charge >= 0.3 is 17.7 Å². The van der Waals surface area contributed by atoms with Crippen molar-refractivity contribution in [3.05, 3.63) is 11.7 Å². The number of esters is 1. The number of rotatable bonds is 3. The van der Waals surface area contributed by atoms with Crippen molar-refractivity contribution in [3.63, 3.8) is 0 Å². The van der Waals surface area contributed by atoms with Crippen molar-refractivity contribution in [1.29, 1.82) is 0 Å². The molecule has 0 heterocycles. The number of ether oxygens (including phenoxy) is 2. The molecule has 0 aromatic heterocycles. The largest absolute Gasteiger partial charge is 0.499 e. The summed E-state index contributed by atoms with van der Waals surface area (Å²) in [5, 5.41) is 17.4. The molecule has 2 N–H and O–H groups in total. The second-order valence-corrected chi connectivity index (χ2v) is 1.68. The molecule has 0 aromatic carbocycles. The maximum absolute atomic E-state index is 10.7. The van der Waals surface area contributed by atoms with Gasteiger partial charge in [0.1, 0.15) is 0 Å². The fourth-order valence-electron chi connectivity index (χ4n) is 0.383. The summed E-state index contributed by atoms with van der Waals surface area (Å²) in [7, 11) is 1.99. The summed E-state index contributed by atoms with van der Waals surface area (Å²) in [6, 6.07) is 0. The Kier molecular flexibility index (Phi) is 3.61. The number of hydrogen-bond donors (Lipinski definition) is 2. The molecule has 0 aliphatic heterocycles. The van der Waals surface area contributed by atoms with Gasteiger partial charge in [-0.3, -0.25) is 4.79 Å². The number of aliphatic hydroxyl groups is 2. The van der Waals surface area contributed by atoms with E-state index in [2.05, 4.69) is 9.47 Å². The van der Waals surface area contributed by atoms with E-state index in [9.17, 15) is 9.59 Å². The monoisotopic (exact) mass is 176 g/mol. The number of methoxy groups -OCH3 is 2. The molecule has 0 aliphatic rings. The Labute approximate surface area is 68.0 Å². The maximum atomic E-state index is 10.7. The summed E-state index contributed by atoms with van der Waals surface area (Å²) in [6.45, 7) is 0. The first-order valence-electron chi connectivity index (χ1n) is 2.83. The van der Waals surface area contributed by atoms with Crippen molar-refractivity contribution in [2.45, 2.75) is 0 Å². The molecule has 0 bridgehead atoms. The zero-order valence-corrected chi connectivity index (χ0v) is 6.53. The summed E-state index contributed by atoms with van der Waals surface area (Å²) in [5.74, 6) is -4.84. The molecule has 12 heavy (non-hydrogen) atoms. The van der Waals surface area contributed by atoms with Crippen LogP contribution in [-0.4, -0.2) is 36.2 Å². The van der Waals surface area contributed by atoms with Gasteiger partial charge in [0.15, 0.2) is 0 Å². The second kappa shape index (κ2) is 4.22. The van der Waals surface area contributed by atoms with Crippen LogP contribution in [-0.2, 0) is 19.1 Å². The maximum Gasteiger partial charge on any atom is 0.383 e. The molecule has 6 nitrogen and oxygen atoms in total. The standard InChI is InChI=1S/C6H8O6/c1-11-5(9)3(7)4(8)6(10)12-2/h7,9H,1-2H3. The number of carbonyl (C=O) groups excluding carboxylic acids is 2. The number of ketones is 1. The van der Waals surface area contributed by atoms with E-state index in [1.54, 1.807) is 0 Å². The molecule has 0 saturated carbocycles. The van der Waals surface area contributed by atoms with Crippen molar-refractivity contribution in [3.8, 4) is 0 Å². The molecule has 0 aromatic rings. The van der Waals surface area contributed by atoms with Crippen molar-refractivity contribution in [2.24, 2.45) is 0 Å². The van der Waals surface area contributed by atoms with E-state index in [1.165, 1.54) is 0 Å². The molecule has 0 amide bonds. The molecular weight excluding hydrogens is 168 g/mol. The highest BCUT2D eigenvalue weighted by molar-refractivity contribution is 6.39. The smallest absolute Gasteiger partial charge is 0.383 e. The van der Waals surface area contributed by atoms with Gasteiger partial charge in [0.05, 0.1) is 14.2 Å². The van der Waals surface area contributed by atoms with E-state index in [4.69, 9.17) is 10.2 Å². The van der Waals surface area contributed by atoms with E-state index >= 15 is 0 Å². The van der Waals surface area contributed by atoms with Crippen LogP contribution in [0.2, 0.25) is 0 Å². The lowest BCUT2D eigenvalue weighted by Gasteiger charge is -2.00. The lowest BCUT2D eigenvalue weighted by Crippen LogP contribution is -2.19. The highest BCUT2D eigenvalue weighted by Crippen LogP contribution is 2.00. The molecule has 0 unspecified atom stereocenters. The minimum atomic E-state index is -1.36. The summed E-state index contributed by atoms with van der Waals surface area (Å²) in [5.41, 5.74) is 0. The molecule has 6 heteroatoms. The van der Waals surface area contributed by atoms with Gasteiger partial charge in [0, 0.05) is 0 Å². The molecule has 0 atom stereocenters. The van der Waals surface area contributed by atoms with Crippen LogP contribution in [0, 0.1) is 0 Å². The first-order chi connectivity index (χ1) is 5.54. The van der Waals surface area contributed by atoms with E-state index in [1.807, 2.05) is 0 Å². The molecule has 0 rings (SSSR count). The third kappa shape index (κ3) is 2.15. The van der Waals surface area contributed by atoms with Crippen LogP contribution >= 0.6 is 0 Å². The van der Waals surface area contributed by atoms with Crippen LogP contribution in [0.3, 0.4) is 0 Å². The first-order valence-corrected chi connectivity index (χ1v) is 2.83. The van der Waals surface area contributed by atoms with Gasteiger partial charge in [-0.25, -0.2) is 4.79 Å². The van der Waals surface area contributed by atoms with Gasteiger partial charge in [-0.05, 0) is 0 Å². The predicted octanol–water partition coefficient (Wildman–Crippen LogP) is -0.340. The average molecular weight is 176 g/mol. The van der Waals surface area contributed by atoms with E-state index in [-0.39, 0.29) is 0 Å². The van der Waals surface area contributed by atoms with E-state index in [0.717, 1.165) is 14.2 Å². The topological polar surface area (TPSA) is 93.1 Å². The summed E-state index contributed by atoms with van der Waals surface area (Å²) in [6.07, 6.45) is 0. The summed E-state index contributed by atoms with van der Waals surface area (Å²) < 4.78 is 8.06. The van der Waals surface area contributed by atoms with Crippen molar-refractivity contribution < 1.29 is 29.3 Å². The minimum Gasteiger partial charge on any atom is -0.499 e. The highest BCUT2D eigenvalue weighted by atomic mass is 16.6. The SMILES string of the molecule is COC(=O)C(=O)C(O)=C(O)OC. The fourth-order valence-corrected chi connectivity index (χ4v) is 0.383. The van der Waals surface area contributed by atoms with Crippen LogP contribution in [0.15, 0.2) is 11.7 Å².